The van der Waals surface area contributed by atoms with Gasteiger partial charge in [-0.1, -0.05) is 19.0 Å². The highest BCUT2D eigenvalue weighted by Crippen LogP contribution is 2.31. The maximum atomic E-state index is 12.1. The van der Waals surface area contributed by atoms with Gasteiger partial charge in [0.25, 0.3) is 0 Å². The number of carbonyl (C=O) groups excluding carboxylic acids is 1. The van der Waals surface area contributed by atoms with E-state index >= 15 is 0 Å². The Morgan fingerprint density at radius 3 is 2.88 bits per heavy atom. The molecule has 24 heavy (non-hydrogen) atoms. The van der Waals surface area contributed by atoms with Gasteiger partial charge in [-0.2, -0.15) is 10.1 Å². The third kappa shape index (κ3) is 3.33. The van der Waals surface area contributed by atoms with Crippen molar-refractivity contribution in [2.45, 2.75) is 45.3 Å². The van der Waals surface area contributed by atoms with Crippen molar-refractivity contribution < 1.29 is 9.32 Å². The lowest BCUT2D eigenvalue weighted by Gasteiger charge is -2.25. The molecule has 0 bridgehead atoms. The van der Waals surface area contributed by atoms with Crippen LogP contribution in [-0.2, 0) is 24.8 Å². The average Bonchev–Trinajstić information content (AvgIpc) is 3.19. The number of amides is 1. The summed E-state index contributed by atoms with van der Waals surface area (Å²) < 4.78 is 7.10. The quantitative estimate of drug-likeness (QED) is 0.851. The Morgan fingerprint density at radius 1 is 1.42 bits per heavy atom. The number of likely N-dealkylation sites (tertiary alicyclic amines) is 1. The molecule has 0 saturated carbocycles. The Kier molecular flexibility index (Phi) is 4.66. The summed E-state index contributed by atoms with van der Waals surface area (Å²) >= 11 is 0. The van der Waals surface area contributed by atoms with Crippen molar-refractivity contribution in [2.75, 3.05) is 7.05 Å². The largest absolute Gasteiger partial charge is 0.338 e. The van der Waals surface area contributed by atoms with Crippen LogP contribution in [-0.4, -0.2) is 43.8 Å². The third-order valence-electron chi connectivity index (χ3n) is 4.36. The fraction of sp³-hybridized carbons (Fsp3) is 0.625. The van der Waals surface area contributed by atoms with Crippen LogP contribution < -0.4 is 5.32 Å². The minimum atomic E-state index is -0.0527. The van der Waals surface area contributed by atoms with Gasteiger partial charge in [-0.05, 0) is 12.0 Å². The number of nitrogens with one attached hydrogen (secondary N) is 1. The fourth-order valence-corrected chi connectivity index (χ4v) is 3.16. The summed E-state index contributed by atoms with van der Waals surface area (Å²) in [4.78, 5) is 18.3. The van der Waals surface area contributed by atoms with Crippen molar-refractivity contribution in [3.05, 3.63) is 29.7 Å². The van der Waals surface area contributed by atoms with Crippen molar-refractivity contribution in [2.24, 2.45) is 13.0 Å². The Morgan fingerprint density at radius 2 is 2.21 bits per heavy atom. The molecule has 1 fully saturated rings. The van der Waals surface area contributed by atoms with Gasteiger partial charge in [-0.25, -0.2) is 0 Å². The Hall–Kier alpha value is -2.22. The molecule has 8 heteroatoms. The van der Waals surface area contributed by atoms with Crippen LogP contribution in [0.1, 0.15) is 43.7 Å². The molecular formula is C16H24N6O2. The van der Waals surface area contributed by atoms with E-state index in [-0.39, 0.29) is 18.0 Å². The normalized spacial score (nSPS) is 21.2. The highest BCUT2D eigenvalue weighted by molar-refractivity contribution is 5.80. The SMILES string of the molecule is CC(C)Cc1noc(CN[C@@H]2CC(=O)N(C)[C@H]2c2ccnn2C)n1. The van der Waals surface area contributed by atoms with E-state index < -0.39 is 0 Å². The number of likely N-dealkylation sites (N-methyl/N-ethyl adjacent to an activating group) is 1. The van der Waals surface area contributed by atoms with Gasteiger partial charge >= 0.3 is 0 Å². The van der Waals surface area contributed by atoms with Gasteiger partial charge in [0.05, 0.1) is 18.3 Å². The number of rotatable bonds is 6. The van der Waals surface area contributed by atoms with Gasteiger partial charge in [0, 0.05) is 39.2 Å². The molecule has 0 radical (unpaired) electrons. The summed E-state index contributed by atoms with van der Waals surface area (Å²) in [6.45, 7) is 4.69. The monoisotopic (exact) mass is 332 g/mol. The van der Waals surface area contributed by atoms with Crippen molar-refractivity contribution in [3.8, 4) is 0 Å². The molecule has 3 rings (SSSR count). The zero-order valence-corrected chi connectivity index (χ0v) is 14.6. The van der Waals surface area contributed by atoms with Crippen molar-refractivity contribution >= 4 is 5.91 Å². The molecule has 8 nitrogen and oxygen atoms in total. The molecule has 130 valence electrons. The summed E-state index contributed by atoms with van der Waals surface area (Å²) in [5.74, 6) is 1.88. The summed E-state index contributed by atoms with van der Waals surface area (Å²) in [5.41, 5.74) is 1.01. The first kappa shape index (κ1) is 16.6. The first-order valence-electron chi connectivity index (χ1n) is 8.24. The second-order valence-corrected chi connectivity index (χ2v) is 6.72. The molecule has 0 unspecified atom stereocenters. The maximum Gasteiger partial charge on any atom is 0.240 e. The van der Waals surface area contributed by atoms with Crippen LogP contribution in [0.3, 0.4) is 0 Å². The Bertz CT molecular complexity index is 707. The molecule has 1 saturated heterocycles. The van der Waals surface area contributed by atoms with Crippen molar-refractivity contribution in [3.63, 3.8) is 0 Å². The van der Waals surface area contributed by atoms with E-state index in [2.05, 4.69) is 34.4 Å². The molecule has 0 aromatic carbocycles. The number of aryl methyl sites for hydroxylation is 1. The molecular weight excluding hydrogens is 308 g/mol. The maximum absolute atomic E-state index is 12.1. The molecule has 2 atom stereocenters. The Labute approximate surface area is 141 Å². The van der Waals surface area contributed by atoms with Gasteiger partial charge in [0.1, 0.15) is 0 Å². The number of aromatic nitrogens is 4. The van der Waals surface area contributed by atoms with Gasteiger partial charge in [0.2, 0.25) is 11.8 Å². The summed E-state index contributed by atoms with van der Waals surface area (Å²) in [6, 6.07) is 1.88. The van der Waals surface area contributed by atoms with Crippen molar-refractivity contribution in [1.82, 2.24) is 30.1 Å². The topological polar surface area (TPSA) is 89.1 Å². The zero-order valence-electron chi connectivity index (χ0n) is 14.6. The van der Waals surface area contributed by atoms with Crippen LogP contribution in [0.25, 0.3) is 0 Å². The van der Waals surface area contributed by atoms with Crippen LogP contribution in [0.4, 0.5) is 0 Å². The van der Waals surface area contributed by atoms with E-state index in [1.54, 1.807) is 11.1 Å². The van der Waals surface area contributed by atoms with E-state index in [0.29, 0.717) is 24.8 Å². The molecule has 1 amide bonds. The summed E-state index contributed by atoms with van der Waals surface area (Å²) in [5, 5.41) is 11.6. The number of carbonyl (C=O) groups is 1. The van der Waals surface area contributed by atoms with Crippen LogP contribution in [0.15, 0.2) is 16.8 Å². The van der Waals surface area contributed by atoms with Crippen LogP contribution in [0, 0.1) is 5.92 Å². The standard InChI is InChI=1S/C16H24N6O2/c1-10(2)7-13-19-14(24-20-13)9-17-11-8-15(23)21(3)16(11)12-5-6-18-22(12)4/h5-6,10-11,16-17H,7-9H2,1-4H3/t11-,16-/m1/s1. The molecule has 2 aromatic heterocycles. The van der Waals surface area contributed by atoms with Gasteiger partial charge in [-0.15, -0.1) is 0 Å². The van der Waals surface area contributed by atoms with Gasteiger partial charge in [0.15, 0.2) is 5.82 Å². The Balaban J connectivity index is 1.68. The summed E-state index contributed by atoms with van der Waals surface area (Å²) in [6.07, 6.45) is 2.99. The predicted molar refractivity (Wildman–Crippen MR) is 86.8 cm³/mol. The van der Waals surface area contributed by atoms with Crippen LogP contribution >= 0.6 is 0 Å². The molecule has 1 N–H and O–H groups in total. The second-order valence-electron chi connectivity index (χ2n) is 6.72. The fourth-order valence-electron chi connectivity index (χ4n) is 3.16. The van der Waals surface area contributed by atoms with E-state index in [9.17, 15) is 4.79 Å². The minimum Gasteiger partial charge on any atom is -0.338 e. The molecule has 2 aromatic rings. The van der Waals surface area contributed by atoms with Gasteiger partial charge < -0.3 is 14.7 Å². The highest BCUT2D eigenvalue weighted by Gasteiger charge is 2.39. The first-order chi connectivity index (χ1) is 11.5. The minimum absolute atomic E-state index is 0.0154. The molecule has 0 aliphatic carbocycles. The van der Waals surface area contributed by atoms with Crippen LogP contribution in [0.5, 0.6) is 0 Å². The molecule has 3 heterocycles. The lowest BCUT2D eigenvalue weighted by atomic mass is 10.1. The van der Waals surface area contributed by atoms with Crippen LogP contribution in [0.2, 0.25) is 0 Å². The van der Waals surface area contributed by atoms with E-state index in [1.807, 2.05) is 24.8 Å². The summed E-state index contributed by atoms with van der Waals surface area (Å²) in [7, 11) is 3.72. The van der Waals surface area contributed by atoms with E-state index in [4.69, 9.17) is 4.52 Å². The molecule has 0 spiro atoms. The van der Waals surface area contributed by atoms with E-state index in [1.165, 1.54) is 0 Å². The molecule has 1 aliphatic rings. The van der Waals surface area contributed by atoms with Crippen molar-refractivity contribution in [1.29, 1.82) is 0 Å². The highest BCUT2D eigenvalue weighted by atomic mass is 16.5. The number of hydrogen-bond donors (Lipinski definition) is 1. The predicted octanol–water partition coefficient (Wildman–Crippen LogP) is 1.06. The van der Waals surface area contributed by atoms with Gasteiger partial charge in [-0.3, -0.25) is 9.48 Å². The average molecular weight is 332 g/mol. The smallest absolute Gasteiger partial charge is 0.240 e. The second kappa shape index (κ2) is 6.72. The zero-order chi connectivity index (χ0) is 17.3. The lowest BCUT2D eigenvalue weighted by Crippen LogP contribution is -2.36. The number of nitrogens with zero attached hydrogens (tertiary/aromatic N) is 5. The lowest BCUT2D eigenvalue weighted by molar-refractivity contribution is -0.127. The van der Waals surface area contributed by atoms with E-state index in [0.717, 1.165) is 17.9 Å². The first-order valence-corrected chi connectivity index (χ1v) is 8.24. The number of hydrogen-bond acceptors (Lipinski definition) is 6. The third-order valence-corrected chi connectivity index (χ3v) is 4.36. The molecule has 1 aliphatic heterocycles.